The van der Waals surface area contributed by atoms with Crippen molar-refractivity contribution in [2.45, 2.75) is 25.0 Å². The SMILES string of the molecule is CCCC1CN=C(Nc2ccc(Br)cc2Cl)S1. The fourth-order valence-electron chi connectivity index (χ4n) is 1.66. The fraction of sp³-hybridized carbons (Fsp3) is 0.417. The molecule has 1 aliphatic heterocycles. The molecule has 0 amide bonds. The van der Waals surface area contributed by atoms with Gasteiger partial charge in [-0.1, -0.05) is 52.6 Å². The number of aliphatic imine (C=N–C) groups is 1. The molecule has 0 radical (unpaired) electrons. The zero-order valence-electron chi connectivity index (χ0n) is 9.54. The maximum atomic E-state index is 6.15. The number of amidine groups is 1. The van der Waals surface area contributed by atoms with E-state index in [0.29, 0.717) is 10.3 Å². The molecule has 1 N–H and O–H groups in total. The summed E-state index contributed by atoms with van der Waals surface area (Å²) in [5.74, 6) is 0. The van der Waals surface area contributed by atoms with Crippen LogP contribution in [0.3, 0.4) is 0 Å². The van der Waals surface area contributed by atoms with Crippen LogP contribution < -0.4 is 5.32 Å². The molecule has 0 aliphatic carbocycles. The summed E-state index contributed by atoms with van der Waals surface area (Å²) in [6, 6.07) is 5.81. The van der Waals surface area contributed by atoms with Gasteiger partial charge in [0.15, 0.2) is 5.17 Å². The number of rotatable bonds is 3. The minimum Gasteiger partial charge on any atom is -0.334 e. The molecule has 2 nitrogen and oxygen atoms in total. The largest absolute Gasteiger partial charge is 0.334 e. The van der Waals surface area contributed by atoms with Crippen LogP contribution in [0.25, 0.3) is 0 Å². The van der Waals surface area contributed by atoms with Crippen LogP contribution in [0.15, 0.2) is 27.7 Å². The Morgan fingerprint density at radius 2 is 2.41 bits per heavy atom. The number of hydrogen-bond acceptors (Lipinski definition) is 3. The lowest BCUT2D eigenvalue weighted by molar-refractivity contribution is 0.754. The van der Waals surface area contributed by atoms with Crippen LogP contribution in [0.5, 0.6) is 0 Å². The molecule has 0 saturated heterocycles. The van der Waals surface area contributed by atoms with E-state index in [2.05, 4.69) is 33.2 Å². The molecule has 1 heterocycles. The van der Waals surface area contributed by atoms with Gasteiger partial charge in [-0.3, -0.25) is 4.99 Å². The highest BCUT2D eigenvalue weighted by atomic mass is 79.9. The van der Waals surface area contributed by atoms with Gasteiger partial charge in [0.1, 0.15) is 0 Å². The first-order chi connectivity index (χ1) is 8.19. The Labute approximate surface area is 119 Å². The molecular formula is C12H14BrClN2S. The summed E-state index contributed by atoms with van der Waals surface area (Å²) in [6.45, 7) is 3.12. The molecule has 1 aliphatic rings. The van der Waals surface area contributed by atoms with E-state index < -0.39 is 0 Å². The molecule has 2 rings (SSSR count). The molecule has 0 aromatic heterocycles. The molecule has 0 saturated carbocycles. The molecule has 1 aromatic rings. The third-order valence-electron chi connectivity index (χ3n) is 2.50. The number of thioether (sulfide) groups is 1. The van der Waals surface area contributed by atoms with E-state index in [4.69, 9.17) is 11.6 Å². The number of anilines is 1. The lowest BCUT2D eigenvalue weighted by Gasteiger charge is -2.09. The zero-order chi connectivity index (χ0) is 12.3. The number of hydrogen-bond donors (Lipinski definition) is 1. The van der Waals surface area contributed by atoms with Gasteiger partial charge in [0.2, 0.25) is 0 Å². The number of benzene rings is 1. The molecule has 92 valence electrons. The Morgan fingerprint density at radius 1 is 1.59 bits per heavy atom. The van der Waals surface area contributed by atoms with Crippen molar-refractivity contribution in [1.82, 2.24) is 0 Å². The van der Waals surface area contributed by atoms with Gasteiger partial charge in [-0.25, -0.2) is 0 Å². The van der Waals surface area contributed by atoms with Crippen LogP contribution in [0.4, 0.5) is 5.69 Å². The third kappa shape index (κ3) is 3.63. The van der Waals surface area contributed by atoms with Crippen LogP contribution in [-0.4, -0.2) is 17.0 Å². The van der Waals surface area contributed by atoms with Crippen LogP contribution in [0.2, 0.25) is 5.02 Å². The normalized spacial score (nSPS) is 19.2. The first-order valence-electron chi connectivity index (χ1n) is 5.62. The van der Waals surface area contributed by atoms with E-state index in [1.807, 2.05) is 30.0 Å². The predicted molar refractivity (Wildman–Crippen MR) is 81.4 cm³/mol. The van der Waals surface area contributed by atoms with Crippen molar-refractivity contribution in [2.75, 3.05) is 11.9 Å². The number of nitrogens with one attached hydrogen (secondary N) is 1. The summed E-state index contributed by atoms with van der Waals surface area (Å²) >= 11 is 11.4. The molecule has 1 aromatic carbocycles. The van der Waals surface area contributed by atoms with E-state index in [-0.39, 0.29) is 0 Å². The standard InChI is InChI=1S/C12H14BrClN2S/c1-2-3-9-7-15-12(17-9)16-11-5-4-8(13)6-10(11)14/h4-6,9H,2-3,7H2,1H3,(H,15,16). The molecule has 0 bridgehead atoms. The summed E-state index contributed by atoms with van der Waals surface area (Å²) in [4.78, 5) is 4.49. The summed E-state index contributed by atoms with van der Waals surface area (Å²) in [5, 5.41) is 5.60. The van der Waals surface area contributed by atoms with Gasteiger partial charge >= 0.3 is 0 Å². The Kier molecular flexibility index (Phi) is 4.77. The van der Waals surface area contributed by atoms with Crippen LogP contribution >= 0.6 is 39.3 Å². The predicted octanol–water partition coefficient (Wildman–Crippen LogP) is 4.79. The first kappa shape index (κ1) is 13.2. The molecule has 0 spiro atoms. The fourth-order valence-corrected chi connectivity index (χ4v) is 3.52. The Bertz CT molecular complexity index is 437. The smallest absolute Gasteiger partial charge is 0.161 e. The van der Waals surface area contributed by atoms with Crippen LogP contribution in [-0.2, 0) is 0 Å². The Morgan fingerprint density at radius 3 is 3.12 bits per heavy atom. The lowest BCUT2D eigenvalue weighted by Crippen LogP contribution is -2.07. The molecule has 1 unspecified atom stereocenters. The van der Waals surface area contributed by atoms with Crippen molar-refractivity contribution in [3.8, 4) is 0 Å². The third-order valence-corrected chi connectivity index (χ3v) is 4.48. The van der Waals surface area contributed by atoms with Gasteiger partial charge < -0.3 is 5.32 Å². The highest BCUT2D eigenvalue weighted by Gasteiger charge is 2.19. The zero-order valence-corrected chi connectivity index (χ0v) is 12.7. The highest BCUT2D eigenvalue weighted by molar-refractivity contribution is 9.10. The van der Waals surface area contributed by atoms with Gasteiger partial charge in [0.25, 0.3) is 0 Å². The lowest BCUT2D eigenvalue weighted by atomic mass is 10.2. The van der Waals surface area contributed by atoms with E-state index in [1.54, 1.807) is 0 Å². The van der Waals surface area contributed by atoms with Crippen molar-refractivity contribution in [1.29, 1.82) is 0 Å². The number of halogens is 2. The Balaban J connectivity index is 1.98. The van der Waals surface area contributed by atoms with Crippen LogP contribution in [0, 0.1) is 0 Å². The van der Waals surface area contributed by atoms with E-state index >= 15 is 0 Å². The van der Waals surface area contributed by atoms with Gasteiger partial charge in [0, 0.05) is 9.72 Å². The van der Waals surface area contributed by atoms with Crippen molar-refractivity contribution in [3.05, 3.63) is 27.7 Å². The second-order valence-corrected chi connectivity index (χ2v) is 6.54. The van der Waals surface area contributed by atoms with Gasteiger partial charge in [-0.15, -0.1) is 0 Å². The van der Waals surface area contributed by atoms with Crippen molar-refractivity contribution >= 4 is 50.1 Å². The average molecular weight is 334 g/mol. The topological polar surface area (TPSA) is 24.4 Å². The second kappa shape index (κ2) is 6.12. The van der Waals surface area contributed by atoms with E-state index in [9.17, 15) is 0 Å². The van der Waals surface area contributed by atoms with Gasteiger partial charge in [-0.2, -0.15) is 0 Å². The Hall–Kier alpha value is -0.190. The molecule has 1 atom stereocenters. The van der Waals surface area contributed by atoms with Crippen LogP contribution in [0.1, 0.15) is 19.8 Å². The van der Waals surface area contributed by atoms with Gasteiger partial charge in [0.05, 0.1) is 17.3 Å². The number of nitrogens with zero attached hydrogens (tertiary/aromatic N) is 1. The van der Waals surface area contributed by atoms with Gasteiger partial charge in [-0.05, 0) is 24.6 Å². The highest BCUT2D eigenvalue weighted by Crippen LogP contribution is 2.30. The molecule has 17 heavy (non-hydrogen) atoms. The summed E-state index contributed by atoms with van der Waals surface area (Å²) in [7, 11) is 0. The minimum absolute atomic E-state index is 0.622. The molecule has 5 heteroatoms. The summed E-state index contributed by atoms with van der Waals surface area (Å²) in [6.07, 6.45) is 2.42. The van der Waals surface area contributed by atoms with Crippen molar-refractivity contribution in [3.63, 3.8) is 0 Å². The molecular weight excluding hydrogens is 320 g/mol. The van der Waals surface area contributed by atoms with Crippen molar-refractivity contribution < 1.29 is 0 Å². The minimum atomic E-state index is 0.622. The summed E-state index contributed by atoms with van der Waals surface area (Å²) < 4.78 is 0.984. The van der Waals surface area contributed by atoms with E-state index in [1.165, 1.54) is 12.8 Å². The first-order valence-corrected chi connectivity index (χ1v) is 7.67. The molecule has 0 fully saturated rings. The maximum Gasteiger partial charge on any atom is 0.161 e. The van der Waals surface area contributed by atoms with Crippen molar-refractivity contribution in [2.24, 2.45) is 4.99 Å². The monoisotopic (exact) mass is 332 g/mol. The average Bonchev–Trinajstić information content (AvgIpc) is 2.71. The quantitative estimate of drug-likeness (QED) is 0.860. The van der Waals surface area contributed by atoms with E-state index in [0.717, 1.165) is 21.9 Å². The maximum absolute atomic E-state index is 6.15. The summed E-state index contributed by atoms with van der Waals surface area (Å²) in [5.41, 5.74) is 0.915. The second-order valence-electron chi connectivity index (χ2n) is 3.92.